The SMILES string of the molecule is CN1OC2=C(CCC3C(CC2)C3COC(C)(C)C)C1C(C)(C)CCC(C)(C)n1nnc2c1-c1ccccc1N(C(=O)C(C)(C)C)Cc1ccccc1-2. The number of benzene rings is 2. The molecule has 1 saturated carbocycles. The van der Waals surface area contributed by atoms with Gasteiger partial charge in [0.1, 0.15) is 11.5 Å². The molecule has 1 aromatic heterocycles. The largest absolute Gasteiger partial charge is 0.410 e. The first-order valence-corrected chi connectivity index (χ1v) is 19.6. The van der Waals surface area contributed by atoms with Gasteiger partial charge in [0.25, 0.3) is 0 Å². The van der Waals surface area contributed by atoms with Gasteiger partial charge in [-0.1, -0.05) is 82.3 Å². The highest BCUT2D eigenvalue weighted by molar-refractivity contribution is 6.02. The fourth-order valence-corrected chi connectivity index (χ4v) is 9.34. The van der Waals surface area contributed by atoms with E-state index in [1.54, 1.807) is 0 Å². The summed E-state index contributed by atoms with van der Waals surface area (Å²) in [4.78, 5) is 22.6. The molecular weight excluding hydrogens is 647 g/mol. The number of ether oxygens (including phenoxy) is 1. The minimum atomic E-state index is -0.543. The molecule has 4 atom stereocenters. The van der Waals surface area contributed by atoms with Gasteiger partial charge in [-0.3, -0.25) is 4.79 Å². The maximum atomic E-state index is 14.1. The third-order valence-electron chi connectivity index (χ3n) is 12.3. The van der Waals surface area contributed by atoms with Crippen molar-refractivity contribution in [2.75, 3.05) is 18.6 Å². The number of allylic oxidation sites excluding steroid dienone is 1. The van der Waals surface area contributed by atoms with Gasteiger partial charge in [0.15, 0.2) is 0 Å². The van der Waals surface area contributed by atoms with Crippen molar-refractivity contribution in [3.05, 3.63) is 65.4 Å². The topological polar surface area (TPSA) is 72.7 Å². The van der Waals surface area contributed by atoms with Crippen molar-refractivity contribution in [2.24, 2.45) is 28.6 Å². The summed E-state index contributed by atoms with van der Waals surface area (Å²) in [7, 11) is 2.13. The predicted molar refractivity (Wildman–Crippen MR) is 208 cm³/mol. The van der Waals surface area contributed by atoms with E-state index in [9.17, 15) is 4.79 Å². The van der Waals surface area contributed by atoms with Gasteiger partial charge in [-0.2, -0.15) is 0 Å². The normalized spacial score (nSPS) is 23.6. The molecule has 0 saturated heterocycles. The summed E-state index contributed by atoms with van der Waals surface area (Å²) in [5.74, 6) is 3.51. The molecule has 0 spiro atoms. The molecule has 3 aromatic rings. The molecule has 3 heterocycles. The van der Waals surface area contributed by atoms with Crippen molar-refractivity contribution in [3.8, 4) is 22.5 Å². The number of likely N-dealkylation sites (N-methyl/N-ethyl adjacent to an activating group) is 1. The second-order valence-corrected chi connectivity index (χ2v) is 19.3. The van der Waals surface area contributed by atoms with Crippen LogP contribution in [0.1, 0.15) is 113 Å². The molecule has 0 bridgehead atoms. The summed E-state index contributed by atoms with van der Waals surface area (Å²) < 4.78 is 8.38. The lowest BCUT2D eigenvalue weighted by molar-refractivity contribution is -0.126. The lowest BCUT2D eigenvalue weighted by atomic mass is 9.73. The van der Waals surface area contributed by atoms with Crippen molar-refractivity contribution < 1.29 is 14.4 Å². The first kappa shape index (κ1) is 36.9. The van der Waals surface area contributed by atoms with E-state index in [1.165, 1.54) is 24.2 Å². The molecule has 2 aliphatic carbocycles. The van der Waals surface area contributed by atoms with Crippen LogP contribution >= 0.6 is 0 Å². The first-order valence-electron chi connectivity index (χ1n) is 19.6. The van der Waals surface area contributed by atoms with Crippen molar-refractivity contribution in [1.82, 2.24) is 20.1 Å². The van der Waals surface area contributed by atoms with Crippen LogP contribution in [0, 0.1) is 28.6 Å². The average molecular weight is 708 g/mol. The molecule has 8 heteroatoms. The fourth-order valence-electron chi connectivity index (χ4n) is 9.34. The summed E-state index contributed by atoms with van der Waals surface area (Å²) >= 11 is 0. The smallest absolute Gasteiger partial charge is 0.232 e. The number of anilines is 1. The van der Waals surface area contributed by atoms with Gasteiger partial charge in [0.2, 0.25) is 5.91 Å². The first-order chi connectivity index (χ1) is 24.4. The number of amides is 1. The molecule has 2 aliphatic heterocycles. The van der Waals surface area contributed by atoms with E-state index in [0.29, 0.717) is 12.5 Å². The molecule has 1 fully saturated rings. The Balaban J connectivity index is 1.16. The van der Waals surface area contributed by atoms with Gasteiger partial charge < -0.3 is 14.5 Å². The second-order valence-electron chi connectivity index (χ2n) is 19.3. The Morgan fingerprint density at radius 1 is 0.865 bits per heavy atom. The highest BCUT2D eigenvalue weighted by Gasteiger charge is 2.52. The number of para-hydroxylation sites is 1. The van der Waals surface area contributed by atoms with Crippen LogP contribution in [0.25, 0.3) is 22.5 Å². The summed E-state index contributed by atoms with van der Waals surface area (Å²) in [6, 6.07) is 16.8. The standard InChI is InChI=1S/C44H61N5O3/c1-41(2,3)40(50)48-26-28-16-12-13-17-29(28)37-38(32-18-14-15-19-35(32)48)49(46-45-37)44(9,10)25-24-43(7,8)39-33-21-20-30-31(22-23-36(33)52-47(39)11)34(30)27-51-42(4,5)6/h12-19,30-31,34,39H,20-27H2,1-11H3. The van der Waals surface area contributed by atoms with Crippen molar-refractivity contribution >= 4 is 11.6 Å². The van der Waals surface area contributed by atoms with Crippen LogP contribution in [0.3, 0.4) is 0 Å². The lowest BCUT2D eigenvalue weighted by Gasteiger charge is -2.39. The van der Waals surface area contributed by atoms with Gasteiger partial charge in [0, 0.05) is 30.0 Å². The van der Waals surface area contributed by atoms with Crippen molar-refractivity contribution in [3.63, 3.8) is 0 Å². The predicted octanol–water partition coefficient (Wildman–Crippen LogP) is 9.80. The van der Waals surface area contributed by atoms with E-state index >= 15 is 0 Å². The molecule has 280 valence electrons. The van der Waals surface area contributed by atoms with Gasteiger partial charge in [0.05, 0.1) is 41.7 Å². The van der Waals surface area contributed by atoms with Crippen LogP contribution in [-0.4, -0.2) is 51.3 Å². The summed E-state index contributed by atoms with van der Waals surface area (Å²) in [5.41, 5.74) is 6.28. The maximum absolute atomic E-state index is 14.1. The van der Waals surface area contributed by atoms with E-state index < -0.39 is 5.41 Å². The molecule has 0 radical (unpaired) electrons. The molecule has 2 aromatic carbocycles. The Kier molecular flexibility index (Phi) is 9.30. The molecule has 7 rings (SSSR count). The van der Waals surface area contributed by atoms with E-state index in [2.05, 4.69) is 102 Å². The zero-order chi connectivity index (χ0) is 37.4. The fraction of sp³-hybridized carbons (Fsp3) is 0.614. The zero-order valence-electron chi connectivity index (χ0n) is 33.5. The second kappa shape index (κ2) is 13.1. The number of carbonyl (C=O) groups excluding carboxylic acids is 1. The Bertz CT molecular complexity index is 1860. The number of hydrogen-bond acceptors (Lipinski definition) is 6. The molecule has 0 N–H and O–H groups in total. The monoisotopic (exact) mass is 707 g/mol. The van der Waals surface area contributed by atoms with E-state index in [-0.39, 0.29) is 28.5 Å². The molecule has 4 aliphatic rings. The van der Waals surface area contributed by atoms with Gasteiger partial charge in [-0.25, -0.2) is 4.68 Å². The highest BCUT2D eigenvalue weighted by Crippen LogP contribution is 2.57. The number of rotatable bonds is 7. The molecule has 4 unspecified atom stereocenters. The van der Waals surface area contributed by atoms with Gasteiger partial charge in [-0.15, -0.1) is 10.2 Å². The van der Waals surface area contributed by atoms with Crippen molar-refractivity contribution in [2.45, 2.75) is 131 Å². The minimum Gasteiger partial charge on any atom is -0.410 e. The Labute approximate surface area is 311 Å². The quantitative estimate of drug-likeness (QED) is 0.244. The number of hydroxylamine groups is 2. The maximum Gasteiger partial charge on any atom is 0.232 e. The van der Waals surface area contributed by atoms with E-state index in [1.807, 2.05) is 37.8 Å². The van der Waals surface area contributed by atoms with Gasteiger partial charge >= 0.3 is 0 Å². The van der Waals surface area contributed by atoms with E-state index in [4.69, 9.17) is 19.9 Å². The number of nitrogens with zero attached hydrogens (tertiary/aromatic N) is 5. The average Bonchev–Trinajstić information content (AvgIpc) is 3.34. The molecular formula is C44H61N5O3. The summed E-state index contributed by atoms with van der Waals surface area (Å²) in [6.07, 6.45) is 6.40. The lowest BCUT2D eigenvalue weighted by Crippen LogP contribution is -2.42. The number of carbonyl (C=O) groups is 1. The van der Waals surface area contributed by atoms with Crippen molar-refractivity contribution in [1.29, 1.82) is 0 Å². The molecule has 1 amide bonds. The van der Waals surface area contributed by atoms with Crippen LogP contribution in [0.15, 0.2) is 59.9 Å². The summed E-state index contributed by atoms with van der Waals surface area (Å²) in [5, 5.41) is 12.0. The van der Waals surface area contributed by atoms with Gasteiger partial charge in [-0.05, 0) is 107 Å². The zero-order valence-corrected chi connectivity index (χ0v) is 33.5. The van der Waals surface area contributed by atoms with E-state index in [0.717, 1.165) is 77.9 Å². The van der Waals surface area contributed by atoms with Crippen LogP contribution < -0.4 is 4.90 Å². The van der Waals surface area contributed by atoms with Crippen LogP contribution in [0.4, 0.5) is 5.69 Å². The third-order valence-corrected chi connectivity index (χ3v) is 12.3. The molecule has 52 heavy (non-hydrogen) atoms. The number of fused-ring (bicyclic) bond motifs is 6. The Morgan fingerprint density at radius 2 is 1.52 bits per heavy atom. The molecule has 8 nitrogen and oxygen atoms in total. The number of aromatic nitrogens is 3. The van der Waals surface area contributed by atoms with Crippen LogP contribution in [-0.2, 0) is 26.5 Å². The van der Waals surface area contributed by atoms with Crippen LogP contribution in [0.2, 0.25) is 0 Å². The minimum absolute atomic E-state index is 0.0462. The highest BCUT2D eigenvalue weighted by atomic mass is 16.7. The summed E-state index contributed by atoms with van der Waals surface area (Å²) in [6.45, 7) is 23.2. The Hall–Kier alpha value is -3.49. The number of hydrogen-bond donors (Lipinski definition) is 0. The Morgan fingerprint density at radius 3 is 2.21 bits per heavy atom. The third kappa shape index (κ3) is 6.86. The van der Waals surface area contributed by atoms with Crippen LogP contribution in [0.5, 0.6) is 0 Å².